The summed E-state index contributed by atoms with van der Waals surface area (Å²) in [6, 6.07) is 0. The predicted molar refractivity (Wildman–Crippen MR) is 81.4 cm³/mol. The molecule has 0 bridgehead atoms. The summed E-state index contributed by atoms with van der Waals surface area (Å²) in [6.07, 6.45) is 3.17. The van der Waals surface area contributed by atoms with Crippen LogP contribution in [0.3, 0.4) is 0 Å². The van der Waals surface area contributed by atoms with Crippen LogP contribution < -0.4 is 5.32 Å². The number of β-amino-alcohol motifs (C(OH)–C–C–N with tert-alkyl or cyclic N) is 1. The summed E-state index contributed by atoms with van der Waals surface area (Å²) >= 11 is 0. The van der Waals surface area contributed by atoms with Crippen LogP contribution in [-0.2, 0) is 0 Å². The second kappa shape index (κ2) is 5.97. The molecular formula is C15H24N4O2. The normalized spacial score (nSPS) is 22.5. The van der Waals surface area contributed by atoms with Crippen molar-refractivity contribution < 1.29 is 9.90 Å². The maximum atomic E-state index is 12.7. The molecule has 116 valence electrons. The van der Waals surface area contributed by atoms with Crippen molar-refractivity contribution in [2.75, 3.05) is 25.5 Å². The maximum Gasteiger partial charge on any atom is 0.274 e. The Balaban J connectivity index is 2.31. The van der Waals surface area contributed by atoms with Gasteiger partial charge in [0.2, 0.25) is 0 Å². The highest BCUT2D eigenvalue weighted by Crippen LogP contribution is 2.24. The fourth-order valence-corrected chi connectivity index (χ4v) is 2.56. The number of aliphatic hydroxyl groups is 1. The molecule has 0 radical (unpaired) electrons. The fraction of sp³-hybridized carbons (Fsp3) is 0.667. The molecule has 2 rings (SSSR count). The van der Waals surface area contributed by atoms with Crippen LogP contribution in [0.15, 0.2) is 6.20 Å². The standard InChI is InChI=1S/C15H24N4O2/c1-10(2)13-17-8-11(16-4)12(18-13)14(20)19-7-5-6-15(3,21)9-19/h8,10,16,21H,5-7,9H2,1-4H3. The lowest BCUT2D eigenvalue weighted by molar-refractivity contribution is -0.0109. The first-order valence-electron chi connectivity index (χ1n) is 7.40. The largest absolute Gasteiger partial charge is 0.388 e. The van der Waals surface area contributed by atoms with Gasteiger partial charge in [0.1, 0.15) is 5.82 Å². The van der Waals surface area contributed by atoms with Gasteiger partial charge in [0, 0.05) is 26.1 Å². The van der Waals surface area contributed by atoms with Crippen molar-refractivity contribution in [3.05, 3.63) is 17.7 Å². The third-order valence-corrected chi connectivity index (χ3v) is 3.76. The lowest BCUT2D eigenvalue weighted by Gasteiger charge is -2.36. The van der Waals surface area contributed by atoms with Crippen LogP contribution in [-0.4, -0.2) is 51.6 Å². The summed E-state index contributed by atoms with van der Waals surface area (Å²) in [5, 5.41) is 13.1. The summed E-state index contributed by atoms with van der Waals surface area (Å²) in [7, 11) is 1.75. The molecule has 1 fully saturated rings. The monoisotopic (exact) mass is 292 g/mol. The molecule has 1 aliphatic heterocycles. The van der Waals surface area contributed by atoms with Gasteiger partial charge >= 0.3 is 0 Å². The second-order valence-electron chi connectivity index (χ2n) is 6.22. The second-order valence-corrected chi connectivity index (χ2v) is 6.22. The lowest BCUT2D eigenvalue weighted by Crippen LogP contribution is -2.48. The minimum atomic E-state index is -0.818. The van der Waals surface area contributed by atoms with E-state index in [1.807, 2.05) is 13.8 Å². The van der Waals surface area contributed by atoms with Crippen LogP contribution in [0.2, 0.25) is 0 Å². The van der Waals surface area contributed by atoms with Crippen molar-refractivity contribution in [2.45, 2.75) is 45.1 Å². The molecule has 6 nitrogen and oxygen atoms in total. The van der Waals surface area contributed by atoms with Gasteiger partial charge < -0.3 is 15.3 Å². The Labute approximate surface area is 125 Å². The smallest absolute Gasteiger partial charge is 0.274 e. The number of piperidine rings is 1. The highest BCUT2D eigenvalue weighted by Gasteiger charge is 2.32. The van der Waals surface area contributed by atoms with E-state index in [-0.39, 0.29) is 11.8 Å². The maximum absolute atomic E-state index is 12.7. The molecular weight excluding hydrogens is 268 g/mol. The molecule has 0 saturated carbocycles. The number of hydrogen-bond acceptors (Lipinski definition) is 5. The predicted octanol–water partition coefficient (Wildman–Crippen LogP) is 1.63. The minimum absolute atomic E-state index is 0.149. The van der Waals surface area contributed by atoms with Gasteiger partial charge in [-0.15, -0.1) is 0 Å². The molecule has 0 aromatic carbocycles. The van der Waals surface area contributed by atoms with E-state index in [2.05, 4.69) is 15.3 Å². The molecule has 1 aliphatic rings. The van der Waals surface area contributed by atoms with Crippen LogP contribution in [0, 0.1) is 0 Å². The summed E-state index contributed by atoms with van der Waals surface area (Å²) in [4.78, 5) is 23.1. The molecule has 2 heterocycles. The molecule has 1 amide bonds. The van der Waals surface area contributed by atoms with E-state index in [9.17, 15) is 9.90 Å². The van der Waals surface area contributed by atoms with Crippen LogP contribution in [0.5, 0.6) is 0 Å². The van der Waals surface area contributed by atoms with Gasteiger partial charge in [-0.05, 0) is 19.8 Å². The number of likely N-dealkylation sites (tertiary alicyclic amines) is 1. The van der Waals surface area contributed by atoms with Crippen molar-refractivity contribution in [3.63, 3.8) is 0 Å². The number of rotatable bonds is 3. The van der Waals surface area contributed by atoms with Gasteiger partial charge in [-0.3, -0.25) is 4.79 Å². The number of nitrogens with zero attached hydrogens (tertiary/aromatic N) is 3. The van der Waals surface area contributed by atoms with Crippen LogP contribution in [0.1, 0.15) is 55.8 Å². The highest BCUT2D eigenvalue weighted by molar-refractivity contribution is 5.97. The minimum Gasteiger partial charge on any atom is -0.388 e. The van der Waals surface area contributed by atoms with Gasteiger partial charge in [0.05, 0.1) is 17.5 Å². The van der Waals surface area contributed by atoms with Crippen LogP contribution >= 0.6 is 0 Å². The molecule has 1 atom stereocenters. The molecule has 6 heteroatoms. The van der Waals surface area contributed by atoms with Gasteiger partial charge in [0.25, 0.3) is 5.91 Å². The number of aromatic nitrogens is 2. The van der Waals surface area contributed by atoms with Crippen LogP contribution in [0.4, 0.5) is 5.69 Å². The quantitative estimate of drug-likeness (QED) is 0.885. The number of amides is 1. The van der Waals surface area contributed by atoms with E-state index >= 15 is 0 Å². The Morgan fingerprint density at radius 2 is 2.24 bits per heavy atom. The zero-order valence-electron chi connectivity index (χ0n) is 13.2. The average Bonchev–Trinajstić information content (AvgIpc) is 2.44. The third kappa shape index (κ3) is 3.50. The van der Waals surface area contributed by atoms with Gasteiger partial charge in [-0.1, -0.05) is 13.8 Å². The number of hydrogen-bond donors (Lipinski definition) is 2. The number of nitrogens with one attached hydrogen (secondary N) is 1. The molecule has 2 N–H and O–H groups in total. The van der Waals surface area contributed by atoms with Crippen molar-refractivity contribution in [3.8, 4) is 0 Å². The molecule has 0 spiro atoms. The zero-order chi connectivity index (χ0) is 15.6. The Hall–Kier alpha value is -1.69. The Morgan fingerprint density at radius 3 is 2.81 bits per heavy atom. The van der Waals surface area contributed by atoms with E-state index in [0.717, 1.165) is 12.8 Å². The van der Waals surface area contributed by atoms with Crippen molar-refractivity contribution in [1.29, 1.82) is 0 Å². The highest BCUT2D eigenvalue weighted by atomic mass is 16.3. The summed E-state index contributed by atoms with van der Waals surface area (Å²) in [5.74, 6) is 0.664. The number of anilines is 1. The first-order valence-corrected chi connectivity index (χ1v) is 7.40. The molecule has 1 unspecified atom stereocenters. The van der Waals surface area contributed by atoms with Crippen LogP contribution in [0.25, 0.3) is 0 Å². The van der Waals surface area contributed by atoms with E-state index in [1.165, 1.54) is 0 Å². The first kappa shape index (κ1) is 15.7. The fourth-order valence-electron chi connectivity index (χ4n) is 2.56. The molecule has 21 heavy (non-hydrogen) atoms. The molecule has 1 aromatic rings. The zero-order valence-corrected chi connectivity index (χ0v) is 13.2. The SMILES string of the molecule is CNc1cnc(C(C)C)nc1C(=O)N1CCCC(C)(O)C1. The number of carbonyl (C=O) groups excluding carboxylic acids is 1. The van der Waals surface area contributed by atoms with Gasteiger partial charge in [-0.25, -0.2) is 9.97 Å². The topological polar surface area (TPSA) is 78.4 Å². The van der Waals surface area contributed by atoms with Gasteiger partial charge in [-0.2, -0.15) is 0 Å². The van der Waals surface area contributed by atoms with E-state index in [4.69, 9.17) is 0 Å². The summed E-state index contributed by atoms with van der Waals surface area (Å²) < 4.78 is 0. The average molecular weight is 292 g/mol. The molecule has 0 aliphatic carbocycles. The Morgan fingerprint density at radius 1 is 1.52 bits per heavy atom. The third-order valence-electron chi connectivity index (χ3n) is 3.76. The Bertz CT molecular complexity index is 528. The summed E-state index contributed by atoms with van der Waals surface area (Å²) in [5.41, 5.74) is 0.185. The lowest BCUT2D eigenvalue weighted by atomic mass is 9.95. The van der Waals surface area contributed by atoms with Crippen molar-refractivity contribution in [2.24, 2.45) is 0 Å². The summed E-state index contributed by atoms with van der Waals surface area (Å²) in [6.45, 7) is 6.75. The van der Waals surface area contributed by atoms with E-state index in [0.29, 0.717) is 30.3 Å². The van der Waals surface area contributed by atoms with E-state index < -0.39 is 5.60 Å². The Kier molecular flexibility index (Phi) is 4.46. The van der Waals surface area contributed by atoms with E-state index in [1.54, 1.807) is 25.1 Å². The van der Waals surface area contributed by atoms with Gasteiger partial charge in [0.15, 0.2) is 5.69 Å². The molecule has 1 aromatic heterocycles. The van der Waals surface area contributed by atoms with Crippen molar-refractivity contribution in [1.82, 2.24) is 14.9 Å². The van der Waals surface area contributed by atoms with Crippen molar-refractivity contribution >= 4 is 11.6 Å². The molecule has 1 saturated heterocycles. The first-order chi connectivity index (χ1) is 9.84. The number of carbonyl (C=O) groups is 1.